The minimum atomic E-state index is -5.16. The average molecular weight is 327 g/mol. The van der Waals surface area contributed by atoms with Crippen molar-refractivity contribution in [3.8, 4) is 0 Å². The van der Waals surface area contributed by atoms with E-state index in [0.29, 0.717) is 12.7 Å². The Morgan fingerprint density at radius 2 is 1.95 bits per heavy atom. The van der Waals surface area contributed by atoms with Crippen LogP contribution in [0.4, 0.5) is 18.0 Å². The number of hydrogen-bond donors (Lipinski definition) is 2. The second-order valence-corrected chi connectivity index (χ2v) is 5.91. The van der Waals surface area contributed by atoms with E-state index in [2.05, 4.69) is 9.26 Å². The summed E-state index contributed by atoms with van der Waals surface area (Å²) in [5.74, 6) is -3.06. The van der Waals surface area contributed by atoms with E-state index in [-0.39, 0.29) is 6.61 Å². The molecule has 2 atom stereocenters. The molecule has 0 spiro atoms. The van der Waals surface area contributed by atoms with Gasteiger partial charge in [0, 0.05) is 7.11 Å². The Labute approximate surface area is 118 Å². The highest BCUT2D eigenvalue weighted by atomic mass is 31.2. The van der Waals surface area contributed by atoms with Crippen LogP contribution < -0.4 is 5.32 Å². The van der Waals surface area contributed by atoms with E-state index >= 15 is 0 Å². The molecule has 2 unspecified atom stereocenters. The highest BCUT2D eigenvalue weighted by Gasteiger charge is 2.53. The van der Waals surface area contributed by atoms with Crippen molar-refractivity contribution in [1.29, 1.82) is 0 Å². The molecule has 21 heavy (non-hydrogen) atoms. The van der Waals surface area contributed by atoms with Crippen molar-refractivity contribution in [2.75, 3.05) is 7.11 Å². The minimum Gasteiger partial charge on any atom is -0.445 e. The van der Waals surface area contributed by atoms with Gasteiger partial charge in [0.05, 0.1) is 0 Å². The zero-order valence-electron chi connectivity index (χ0n) is 10.8. The molecule has 1 aromatic carbocycles. The molecule has 1 rings (SSSR count). The van der Waals surface area contributed by atoms with Crippen LogP contribution in [-0.4, -0.2) is 30.1 Å². The van der Waals surface area contributed by atoms with Crippen LogP contribution in [0.1, 0.15) is 5.56 Å². The molecular weight excluding hydrogens is 314 g/mol. The van der Waals surface area contributed by atoms with E-state index in [9.17, 15) is 22.5 Å². The Kier molecular flexibility index (Phi) is 5.77. The molecule has 6 nitrogen and oxygen atoms in total. The molecule has 0 radical (unpaired) electrons. The first-order chi connectivity index (χ1) is 9.66. The summed E-state index contributed by atoms with van der Waals surface area (Å²) < 4.78 is 57.7. The highest BCUT2D eigenvalue weighted by molar-refractivity contribution is 7.53. The molecular formula is C11H13F3NO5P. The third kappa shape index (κ3) is 5.37. The van der Waals surface area contributed by atoms with Gasteiger partial charge in [-0.1, -0.05) is 30.3 Å². The number of rotatable bonds is 5. The topological polar surface area (TPSA) is 84.9 Å². The first kappa shape index (κ1) is 17.5. The van der Waals surface area contributed by atoms with Crippen molar-refractivity contribution in [3.63, 3.8) is 0 Å². The van der Waals surface area contributed by atoms with Gasteiger partial charge < -0.3 is 14.2 Å². The van der Waals surface area contributed by atoms with Crippen molar-refractivity contribution in [3.05, 3.63) is 35.9 Å². The summed E-state index contributed by atoms with van der Waals surface area (Å²) in [6, 6.07) is 8.22. The summed E-state index contributed by atoms with van der Waals surface area (Å²) in [5, 5.41) is 1.29. The second-order valence-electron chi connectivity index (χ2n) is 3.90. The molecule has 0 aliphatic carbocycles. The van der Waals surface area contributed by atoms with Gasteiger partial charge >= 0.3 is 19.9 Å². The molecule has 10 heteroatoms. The number of amides is 1. The summed E-state index contributed by atoms with van der Waals surface area (Å²) in [4.78, 5) is 20.4. The smallest absolute Gasteiger partial charge is 0.420 e. The molecule has 0 fully saturated rings. The molecule has 1 aromatic rings. The third-order valence-electron chi connectivity index (χ3n) is 2.37. The molecule has 2 N–H and O–H groups in total. The van der Waals surface area contributed by atoms with Gasteiger partial charge in [0.25, 0.3) is 0 Å². The van der Waals surface area contributed by atoms with Gasteiger partial charge in [0.15, 0.2) is 0 Å². The Morgan fingerprint density at radius 1 is 1.38 bits per heavy atom. The predicted molar refractivity (Wildman–Crippen MR) is 66.4 cm³/mol. The minimum absolute atomic E-state index is 0.278. The molecule has 0 bridgehead atoms. The summed E-state index contributed by atoms with van der Waals surface area (Å²) >= 11 is 0. The highest BCUT2D eigenvalue weighted by Crippen LogP contribution is 2.51. The monoisotopic (exact) mass is 327 g/mol. The molecule has 1 amide bonds. The number of halogens is 3. The van der Waals surface area contributed by atoms with E-state index in [0.717, 1.165) is 0 Å². The Bertz CT molecular complexity index is 522. The molecule has 0 aromatic heterocycles. The van der Waals surface area contributed by atoms with Crippen LogP contribution >= 0.6 is 7.60 Å². The molecule has 0 aliphatic rings. The zero-order valence-corrected chi connectivity index (χ0v) is 11.7. The lowest BCUT2D eigenvalue weighted by atomic mass is 10.2. The fraction of sp³-hybridized carbons (Fsp3) is 0.364. The van der Waals surface area contributed by atoms with Gasteiger partial charge in [0.1, 0.15) is 6.61 Å². The van der Waals surface area contributed by atoms with Crippen molar-refractivity contribution < 1.29 is 36.7 Å². The number of benzene rings is 1. The Hall–Kier alpha value is -1.57. The van der Waals surface area contributed by atoms with Crippen LogP contribution in [0.25, 0.3) is 0 Å². The van der Waals surface area contributed by atoms with E-state index in [1.165, 1.54) is 5.32 Å². The molecule has 0 saturated carbocycles. The van der Waals surface area contributed by atoms with E-state index in [4.69, 9.17) is 4.89 Å². The van der Waals surface area contributed by atoms with Crippen LogP contribution in [0.2, 0.25) is 0 Å². The van der Waals surface area contributed by atoms with Gasteiger partial charge in [-0.3, -0.25) is 9.88 Å². The number of hydrogen-bond acceptors (Lipinski definition) is 4. The first-order valence-corrected chi connectivity index (χ1v) is 7.23. The van der Waals surface area contributed by atoms with Crippen molar-refractivity contribution >= 4 is 13.7 Å². The lowest BCUT2D eigenvalue weighted by Gasteiger charge is -2.24. The standard InChI is InChI=1S/C11H13F3NO5P/c1-19-21(17,18)9(11(12,13)14)15-10(16)20-7-8-5-3-2-4-6-8/h2-6,9H,7H2,1H3,(H,15,16)(H,17,18). The first-order valence-electron chi connectivity index (χ1n) is 5.59. The summed E-state index contributed by atoms with van der Waals surface area (Å²) in [6.45, 7) is -0.278. The number of carbonyl (C=O) groups excluding carboxylic acids is 1. The number of carbonyl (C=O) groups is 1. The van der Waals surface area contributed by atoms with Gasteiger partial charge in [-0.25, -0.2) is 4.79 Å². The second kappa shape index (κ2) is 6.93. The van der Waals surface area contributed by atoms with Gasteiger partial charge in [0.2, 0.25) is 5.78 Å². The predicted octanol–water partition coefficient (Wildman–Crippen LogP) is 2.63. The fourth-order valence-corrected chi connectivity index (χ4v) is 2.18. The third-order valence-corrected chi connectivity index (χ3v) is 3.96. The Morgan fingerprint density at radius 3 is 2.43 bits per heavy atom. The number of nitrogens with one attached hydrogen (secondary N) is 1. The van der Waals surface area contributed by atoms with Crippen LogP contribution in [0.3, 0.4) is 0 Å². The number of ether oxygens (including phenoxy) is 1. The number of alkyl carbamates (subject to hydrolysis) is 1. The van der Waals surface area contributed by atoms with Crippen LogP contribution in [-0.2, 0) is 20.4 Å². The van der Waals surface area contributed by atoms with Crippen molar-refractivity contribution in [2.45, 2.75) is 18.6 Å². The average Bonchev–Trinajstić information content (AvgIpc) is 2.42. The van der Waals surface area contributed by atoms with Crippen molar-refractivity contribution in [1.82, 2.24) is 5.32 Å². The maximum Gasteiger partial charge on any atom is 0.420 e. The SMILES string of the molecule is COP(=O)(O)C(NC(=O)OCc1ccccc1)C(F)(F)F. The zero-order chi connectivity index (χ0) is 16.1. The normalized spacial score (nSPS) is 15.9. The van der Waals surface area contributed by atoms with Gasteiger partial charge in [-0.2, -0.15) is 13.2 Å². The lowest BCUT2D eigenvalue weighted by molar-refractivity contribution is -0.139. The molecule has 0 saturated heterocycles. The quantitative estimate of drug-likeness (QED) is 0.812. The number of alkyl halides is 3. The molecule has 0 heterocycles. The van der Waals surface area contributed by atoms with Crippen LogP contribution in [0.15, 0.2) is 30.3 Å². The van der Waals surface area contributed by atoms with E-state index < -0.39 is 25.6 Å². The maximum absolute atomic E-state index is 12.6. The maximum atomic E-state index is 12.6. The van der Waals surface area contributed by atoms with Gasteiger partial charge in [-0.15, -0.1) is 0 Å². The molecule has 118 valence electrons. The summed E-state index contributed by atoms with van der Waals surface area (Å²) in [5.41, 5.74) is 0.551. The van der Waals surface area contributed by atoms with E-state index in [1.807, 2.05) is 0 Å². The van der Waals surface area contributed by atoms with Crippen LogP contribution in [0, 0.1) is 0 Å². The van der Waals surface area contributed by atoms with Gasteiger partial charge in [-0.05, 0) is 5.56 Å². The molecule has 0 aliphatic heterocycles. The fourth-order valence-electron chi connectivity index (χ4n) is 1.33. The largest absolute Gasteiger partial charge is 0.445 e. The Balaban J connectivity index is 2.67. The van der Waals surface area contributed by atoms with E-state index in [1.54, 1.807) is 30.3 Å². The van der Waals surface area contributed by atoms with Crippen molar-refractivity contribution in [2.24, 2.45) is 0 Å². The summed E-state index contributed by atoms with van der Waals surface area (Å²) in [6.07, 6.45) is -6.64. The van der Waals surface area contributed by atoms with Crippen LogP contribution in [0.5, 0.6) is 0 Å². The summed E-state index contributed by atoms with van der Waals surface area (Å²) in [7, 11) is -4.46. The lowest BCUT2D eigenvalue weighted by Crippen LogP contribution is -2.45.